The minimum atomic E-state index is -0.856. The molecule has 2 N–H and O–H groups in total. The van der Waals surface area contributed by atoms with Crippen molar-refractivity contribution in [3.63, 3.8) is 0 Å². The number of esters is 1. The van der Waals surface area contributed by atoms with Crippen molar-refractivity contribution in [3.05, 3.63) is 49.1 Å². The van der Waals surface area contributed by atoms with E-state index in [0.717, 1.165) is 9.13 Å². The second-order valence-electron chi connectivity index (χ2n) is 7.39. The summed E-state index contributed by atoms with van der Waals surface area (Å²) < 4.78 is 17.8. The number of aromatic nitrogens is 2. The SMILES string of the molecule is CC(C)Cn1c(N)c(C(=O)COC(=O)c2cc(Cl)c3c(c2)OCCO3)c(=O)n(C)c1=O. The third-order valence-corrected chi connectivity index (χ3v) is 4.86. The topological polar surface area (TPSA) is 132 Å². The number of nitrogen functional groups attached to an aromatic ring is 1. The molecular weight excluding hydrogens is 430 g/mol. The number of Topliss-reactive ketones (excluding diaryl/α,β-unsaturated/α-hetero) is 1. The third-order valence-electron chi connectivity index (χ3n) is 4.58. The summed E-state index contributed by atoms with van der Waals surface area (Å²) >= 11 is 6.11. The molecule has 31 heavy (non-hydrogen) atoms. The fourth-order valence-corrected chi connectivity index (χ4v) is 3.37. The number of carbonyl (C=O) groups excluding carboxylic acids is 2. The number of nitrogens with zero attached hydrogens (tertiary/aromatic N) is 2. The number of anilines is 1. The van der Waals surface area contributed by atoms with Gasteiger partial charge in [0.15, 0.2) is 18.1 Å². The van der Waals surface area contributed by atoms with E-state index in [2.05, 4.69) is 0 Å². The molecule has 0 saturated heterocycles. The fraction of sp³-hybridized carbons (Fsp3) is 0.400. The molecule has 3 rings (SSSR count). The molecule has 0 radical (unpaired) electrons. The van der Waals surface area contributed by atoms with Crippen LogP contribution in [0.2, 0.25) is 5.02 Å². The Bertz CT molecular complexity index is 1170. The van der Waals surface area contributed by atoms with Gasteiger partial charge in [0.05, 0.1) is 10.6 Å². The minimum absolute atomic E-state index is 0.0400. The Kier molecular flexibility index (Phi) is 6.40. The summed E-state index contributed by atoms with van der Waals surface area (Å²) in [7, 11) is 1.25. The molecule has 0 unspecified atom stereocenters. The van der Waals surface area contributed by atoms with Gasteiger partial charge in [-0.05, 0) is 18.1 Å². The second-order valence-corrected chi connectivity index (χ2v) is 7.80. The maximum Gasteiger partial charge on any atom is 0.338 e. The summed E-state index contributed by atoms with van der Waals surface area (Å²) in [6.07, 6.45) is 0. The molecule has 0 atom stereocenters. The zero-order valence-corrected chi connectivity index (χ0v) is 18.0. The molecule has 2 heterocycles. The highest BCUT2D eigenvalue weighted by Crippen LogP contribution is 2.38. The average Bonchev–Trinajstić information content (AvgIpc) is 2.73. The number of hydrogen-bond donors (Lipinski definition) is 1. The van der Waals surface area contributed by atoms with Crippen LogP contribution < -0.4 is 26.5 Å². The Balaban J connectivity index is 1.84. The maximum atomic E-state index is 12.7. The number of ether oxygens (including phenoxy) is 3. The van der Waals surface area contributed by atoms with Crippen molar-refractivity contribution in [3.8, 4) is 11.5 Å². The quantitative estimate of drug-likeness (QED) is 0.512. The van der Waals surface area contributed by atoms with Crippen LogP contribution in [-0.4, -0.2) is 40.7 Å². The molecule has 11 heteroatoms. The van der Waals surface area contributed by atoms with E-state index in [1.807, 2.05) is 13.8 Å². The van der Waals surface area contributed by atoms with Gasteiger partial charge in [-0.3, -0.25) is 18.7 Å². The molecule has 10 nitrogen and oxygen atoms in total. The number of hydrogen-bond acceptors (Lipinski definition) is 8. The van der Waals surface area contributed by atoms with Crippen LogP contribution in [0.1, 0.15) is 34.6 Å². The number of carbonyl (C=O) groups is 2. The van der Waals surface area contributed by atoms with Crippen molar-refractivity contribution in [2.45, 2.75) is 20.4 Å². The van der Waals surface area contributed by atoms with E-state index >= 15 is 0 Å². The summed E-state index contributed by atoms with van der Waals surface area (Å²) in [5.74, 6) is -1.28. The zero-order chi connectivity index (χ0) is 22.9. The van der Waals surface area contributed by atoms with E-state index in [9.17, 15) is 19.2 Å². The molecule has 2 aromatic rings. The average molecular weight is 452 g/mol. The lowest BCUT2D eigenvalue weighted by Crippen LogP contribution is -2.43. The predicted molar refractivity (Wildman–Crippen MR) is 112 cm³/mol. The summed E-state index contributed by atoms with van der Waals surface area (Å²) in [5.41, 5.74) is 4.11. The highest BCUT2D eigenvalue weighted by atomic mass is 35.5. The lowest BCUT2D eigenvalue weighted by molar-refractivity contribution is 0.0473. The highest BCUT2D eigenvalue weighted by Gasteiger charge is 2.24. The fourth-order valence-electron chi connectivity index (χ4n) is 3.10. The van der Waals surface area contributed by atoms with E-state index in [4.69, 9.17) is 31.5 Å². The van der Waals surface area contributed by atoms with E-state index in [0.29, 0.717) is 19.0 Å². The summed E-state index contributed by atoms with van der Waals surface area (Å²) in [4.78, 5) is 49.9. The number of halogens is 1. The molecule has 166 valence electrons. The molecular formula is C20H22ClN3O7. The molecule has 0 fully saturated rings. The van der Waals surface area contributed by atoms with Crippen LogP contribution >= 0.6 is 11.6 Å². The van der Waals surface area contributed by atoms with E-state index in [1.165, 1.54) is 19.2 Å². The first kappa shape index (κ1) is 22.4. The molecule has 1 aliphatic heterocycles. The monoisotopic (exact) mass is 451 g/mol. The Labute approximate surface area is 182 Å². The number of ketones is 1. The van der Waals surface area contributed by atoms with Crippen molar-refractivity contribution in [2.75, 3.05) is 25.6 Å². The smallest absolute Gasteiger partial charge is 0.338 e. The summed E-state index contributed by atoms with van der Waals surface area (Å²) in [5, 5.41) is 0.161. The van der Waals surface area contributed by atoms with Gasteiger partial charge in [0.1, 0.15) is 24.6 Å². The Hall–Kier alpha value is -3.27. The van der Waals surface area contributed by atoms with E-state index in [1.54, 1.807) is 0 Å². The molecule has 0 spiro atoms. The number of fused-ring (bicyclic) bond motifs is 1. The zero-order valence-electron chi connectivity index (χ0n) is 17.3. The normalized spacial score (nSPS) is 12.7. The molecule has 1 aromatic carbocycles. The lowest BCUT2D eigenvalue weighted by Gasteiger charge is -2.20. The van der Waals surface area contributed by atoms with Gasteiger partial charge in [-0.25, -0.2) is 9.59 Å². The van der Waals surface area contributed by atoms with Crippen LogP contribution in [-0.2, 0) is 18.3 Å². The van der Waals surface area contributed by atoms with Crippen molar-refractivity contribution in [2.24, 2.45) is 13.0 Å². The largest absolute Gasteiger partial charge is 0.486 e. The van der Waals surface area contributed by atoms with Crippen molar-refractivity contribution < 1.29 is 23.8 Å². The molecule has 0 amide bonds. The molecule has 1 aromatic heterocycles. The van der Waals surface area contributed by atoms with Gasteiger partial charge < -0.3 is 19.9 Å². The van der Waals surface area contributed by atoms with Crippen molar-refractivity contribution >= 4 is 29.2 Å². The maximum absolute atomic E-state index is 12.7. The molecule has 1 aliphatic rings. The molecule has 0 saturated carbocycles. The van der Waals surface area contributed by atoms with Crippen LogP contribution in [0.4, 0.5) is 5.82 Å². The predicted octanol–water partition coefficient (Wildman–Crippen LogP) is 1.25. The first-order chi connectivity index (χ1) is 14.6. The van der Waals surface area contributed by atoms with Gasteiger partial charge >= 0.3 is 11.7 Å². The van der Waals surface area contributed by atoms with Gasteiger partial charge in [0, 0.05) is 13.6 Å². The van der Waals surface area contributed by atoms with Crippen LogP contribution in [0.5, 0.6) is 11.5 Å². The van der Waals surface area contributed by atoms with Gasteiger partial charge in [-0.2, -0.15) is 0 Å². The Morgan fingerprint density at radius 1 is 1.23 bits per heavy atom. The third kappa shape index (κ3) is 4.43. The van der Waals surface area contributed by atoms with E-state index in [-0.39, 0.29) is 34.6 Å². The second kappa shape index (κ2) is 8.84. The number of nitrogens with two attached hydrogens (primary N) is 1. The standard InChI is InChI=1S/C20H22ClN3O7/c1-10(2)8-24-17(22)15(18(26)23(3)20(24)28)13(25)9-31-19(27)11-6-12(21)16-14(7-11)29-4-5-30-16/h6-7,10H,4-5,8-9,22H2,1-3H3. The van der Waals surface area contributed by atoms with Crippen LogP contribution in [0, 0.1) is 5.92 Å². The van der Waals surface area contributed by atoms with Crippen molar-refractivity contribution in [1.82, 2.24) is 9.13 Å². The van der Waals surface area contributed by atoms with Crippen LogP contribution in [0.15, 0.2) is 21.7 Å². The number of rotatable bonds is 6. The lowest BCUT2D eigenvalue weighted by atomic mass is 10.1. The number of benzene rings is 1. The first-order valence-corrected chi connectivity index (χ1v) is 9.88. The summed E-state index contributed by atoms with van der Waals surface area (Å²) in [6.45, 7) is 3.82. The Morgan fingerprint density at radius 2 is 1.90 bits per heavy atom. The molecule has 0 bridgehead atoms. The minimum Gasteiger partial charge on any atom is -0.486 e. The van der Waals surface area contributed by atoms with Gasteiger partial charge in [0.25, 0.3) is 5.56 Å². The first-order valence-electron chi connectivity index (χ1n) is 9.50. The molecule has 0 aliphatic carbocycles. The highest BCUT2D eigenvalue weighted by molar-refractivity contribution is 6.32. The van der Waals surface area contributed by atoms with Gasteiger partial charge in [-0.1, -0.05) is 25.4 Å². The van der Waals surface area contributed by atoms with Crippen LogP contribution in [0.25, 0.3) is 0 Å². The van der Waals surface area contributed by atoms with Gasteiger partial charge in [0.2, 0.25) is 5.78 Å². The van der Waals surface area contributed by atoms with E-state index < -0.39 is 35.2 Å². The van der Waals surface area contributed by atoms with Gasteiger partial charge in [-0.15, -0.1) is 0 Å². The van der Waals surface area contributed by atoms with Crippen molar-refractivity contribution in [1.29, 1.82) is 0 Å². The van der Waals surface area contributed by atoms with Crippen LogP contribution in [0.3, 0.4) is 0 Å². The summed E-state index contributed by atoms with van der Waals surface area (Å²) in [6, 6.07) is 2.72. The Morgan fingerprint density at radius 3 is 2.58 bits per heavy atom.